The highest BCUT2D eigenvalue weighted by Gasteiger charge is 1.98. The van der Waals surface area contributed by atoms with Crippen LogP contribution >= 0.6 is 12.2 Å². The minimum absolute atomic E-state index is 0.496. The fraction of sp³-hybridized carbons (Fsp3) is 0.273. The van der Waals surface area contributed by atoms with Crippen LogP contribution in [-0.4, -0.2) is 9.97 Å². The van der Waals surface area contributed by atoms with Crippen LogP contribution in [0, 0.1) is 17.5 Å². The molecule has 0 amide bonds. The highest BCUT2D eigenvalue weighted by atomic mass is 32.1. The number of pyridine rings is 2. The first-order valence-electron chi connectivity index (χ1n) is 4.83. The van der Waals surface area contributed by atoms with Gasteiger partial charge in [0, 0.05) is 5.39 Å². The van der Waals surface area contributed by atoms with Crippen molar-refractivity contribution in [1.82, 2.24) is 9.97 Å². The fourth-order valence-electron chi connectivity index (χ4n) is 1.17. The summed E-state index contributed by atoms with van der Waals surface area (Å²) < 4.78 is 13.3. The molecule has 0 unspecified atom stereocenters. The second-order valence-electron chi connectivity index (χ2n) is 2.85. The van der Waals surface area contributed by atoms with Gasteiger partial charge in [-0.3, -0.25) is 0 Å². The molecule has 0 saturated heterocycles. The Morgan fingerprint density at radius 1 is 1.33 bits per heavy atom. The average Bonchev–Trinajstić information content (AvgIpc) is 2.23. The van der Waals surface area contributed by atoms with Crippen molar-refractivity contribution < 1.29 is 4.39 Å². The maximum absolute atomic E-state index is 12.7. The third kappa shape index (κ3) is 2.59. The van der Waals surface area contributed by atoms with E-state index in [4.69, 9.17) is 12.2 Å². The molecular weight excluding hydrogens is 211 g/mol. The first-order chi connectivity index (χ1) is 7.16. The minimum Gasteiger partial charge on any atom is -0.330 e. The van der Waals surface area contributed by atoms with E-state index in [0.29, 0.717) is 10.3 Å². The van der Waals surface area contributed by atoms with E-state index in [9.17, 15) is 4.39 Å². The van der Waals surface area contributed by atoms with Gasteiger partial charge in [0.2, 0.25) is 5.95 Å². The second-order valence-corrected chi connectivity index (χ2v) is 3.26. The number of aromatic nitrogens is 2. The molecule has 0 radical (unpaired) electrons. The maximum Gasteiger partial charge on any atom is 0.214 e. The summed E-state index contributed by atoms with van der Waals surface area (Å²) in [6, 6.07) is 4.90. The number of nitrogens with one attached hydrogen (secondary N) is 1. The van der Waals surface area contributed by atoms with Gasteiger partial charge in [0.15, 0.2) is 0 Å². The standard InChI is InChI=1S/C9H7FN2S.C2H6/c1-5-4-6-2-3-7(10)11-8(6)12-9(5)13;1-2/h2-4H,1H3,(H,11,12,13);1-2H3. The molecular formula is C11H13FN2S. The lowest BCUT2D eigenvalue weighted by molar-refractivity contribution is 0.588. The number of halogens is 1. The maximum atomic E-state index is 12.7. The Labute approximate surface area is 93.2 Å². The predicted molar refractivity (Wildman–Crippen MR) is 63.0 cm³/mol. The number of hydrogen-bond donors (Lipinski definition) is 1. The van der Waals surface area contributed by atoms with Crippen molar-refractivity contribution in [2.24, 2.45) is 0 Å². The average molecular weight is 224 g/mol. The lowest BCUT2D eigenvalue weighted by Gasteiger charge is -1.98. The molecule has 0 bridgehead atoms. The number of hydrogen-bond acceptors (Lipinski definition) is 2. The monoisotopic (exact) mass is 224 g/mol. The molecule has 1 N–H and O–H groups in total. The molecule has 0 spiro atoms. The Morgan fingerprint density at radius 2 is 2.00 bits per heavy atom. The molecule has 2 nitrogen and oxygen atoms in total. The van der Waals surface area contributed by atoms with Crippen LogP contribution < -0.4 is 0 Å². The molecule has 0 aliphatic rings. The van der Waals surface area contributed by atoms with E-state index < -0.39 is 5.95 Å². The van der Waals surface area contributed by atoms with Crippen molar-refractivity contribution in [2.75, 3.05) is 0 Å². The Hall–Kier alpha value is -1.29. The summed E-state index contributed by atoms with van der Waals surface area (Å²) in [6.45, 7) is 5.90. The van der Waals surface area contributed by atoms with Crippen LogP contribution in [-0.2, 0) is 0 Å². The van der Waals surface area contributed by atoms with Crippen LogP contribution in [0.25, 0.3) is 11.0 Å². The first-order valence-corrected chi connectivity index (χ1v) is 5.24. The van der Waals surface area contributed by atoms with Crippen LogP contribution in [0.3, 0.4) is 0 Å². The summed E-state index contributed by atoms with van der Waals surface area (Å²) in [5.41, 5.74) is 1.46. The van der Waals surface area contributed by atoms with E-state index in [1.807, 2.05) is 26.8 Å². The smallest absolute Gasteiger partial charge is 0.214 e. The topological polar surface area (TPSA) is 28.7 Å². The van der Waals surface area contributed by atoms with E-state index in [2.05, 4.69) is 9.97 Å². The number of nitrogens with zero attached hydrogens (tertiary/aromatic N) is 1. The van der Waals surface area contributed by atoms with E-state index in [-0.39, 0.29) is 0 Å². The van der Waals surface area contributed by atoms with Crippen LogP contribution in [0.5, 0.6) is 0 Å². The molecule has 4 heteroatoms. The van der Waals surface area contributed by atoms with Crippen molar-refractivity contribution in [2.45, 2.75) is 20.8 Å². The van der Waals surface area contributed by atoms with Crippen molar-refractivity contribution in [3.8, 4) is 0 Å². The van der Waals surface area contributed by atoms with Crippen molar-refractivity contribution in [1.29, 1.82) is 0 Å². The van der Waals surface area contributed by atoms with Crippen LogP contribution in [0.15, 0.2) is 18.2 Å². The van der Waals surface area contributed by atoms with Gasteiger partial charge in [0.25, 0.3) is 0 Å². The van der Waals surface area contributed by atoms with Crippen LogP contribution in [0.2, 0.25) is 0 Å². The van der Waals surface area contributed by atoms with Gasteiger partial charge >= 0.3 is 0 Å². The number of H-pyrrole nitrogens is 1. The number of aromatic amines is 1. The number of aryl methyl sites for hydroxylation is 1. The molecule has 0 saturated carbocycles. The third-order valence-corrected chi connectivity index (χ3v) is 2.28. The fourth-order valence-corrected chi connectivity index (χ4v) is 1.32. The molecule has 0 fully saturated rings. The molecule has 0 atom stereocenters. The molecule has 0 aromatic carbocycles. The zero-order valence-corrected chi connectivity index (χ0v) is 9.78. The van der Waals surface area contributed by atoms with Crippen LogP contribution in [0.4, 0.5) is 4.39 Å². The summed E-state index contributed by atoms with van der Waals surface area (Å²) in [7, 11) is 0. The van der Waals surface area contributed by atoms with E-state index in [0.717, 1.165) is 10.9 Å². The molecule has 2 aromatic rings. The van der Waals surface area contributed by atoms with Gasteiger partial charge in [-0.2, -0.15) is 4.39 Å². The Bertz CT molecular complexity index is 519. The normalized spacial score (nSPS) is 9.60. The Kier molecular flexibility index (Phi) is 3.91. The summed E-state index contributed by atoms with van der Waals surface area (Å²) in [6.07, 6.45) is 0. The molecule has 2 rings (SSSR count). The van der Waals surface area contributed by atoms with E-state index in [1.165, 1.54) is 6.07 Å². The molecule has 0 aliphatic carbocycles. The molecule has 2 aromatic heterocycles. The second kappa shape index (κ2) is 4.98. The van der Waals surface area contributed by atoms with Gasteiger partial charge in [0.1, 0.15) is 10.3 Å². The van der Waals surface area contributed by atoms with Gasteiger partial charge < -0.3 is 4.98 Å². The first kappa shape index (κ1) is 11.8. The van der Waals surface area contributed by atoms with Gasteiger partial charge in [-0.05, 0) is 30.7 Å². The third-order valence-electron chi connectivity index (χ3n) is 1.85. The van der Waals surface area contributed by atoms with Gasteiger partial charge in [-0.25, -0.2) is 4.98 Å². The van der Waals surface area contributed by atoms with Gasteiger partial charge in [-0.15, -0.1) is 0 Å². The van der Waals surface area contributed by atoms with Crippen molar-refractivity contribution >= 4 is 23.3 Å². The largest absolute Gasteiger partial charge is 0.330 e. The zero-order valence-electron chi connectivity index (χ0n) is 8.97. The SMILES string of the molecule is CC.Cc1cc2ccc(F)nc2[nH]c1=S. The molecule has 0 aliphatic heterocycles. The zero-order chi connectivity index (χ0) is 11.4. The lowest BCUT2D eigenvalue weighted by Crippen LogP contribution is -1.89. The summed E-state index contributed by atoms with van der Waals surface area (Å²) in [5.74, 6) is -0.498. The molecule has 2 heterocycles. The van der Waals surface area contributed by atoms with Crippen molar-refractivity contribution in [3.63, 3.8) is 0 Å². The van der Waals surface area contributed by atoms with Gasteiger partial charge in [0.05, 0.1) is 0 Å². The van der Waals surface area contributed by atoms with Crippen molar-refractivity contribution in [3.05, 3.63) is 34.4 Å². The predicted octanol–water partition coefficient (Wildman–Crippen LogP) is 3.77. The Balaban J connectivity index is 0.000000531. The summed E-state index contributed by atoms with van der Waals surface area (Å²) >= 11 is 5.01. The summed E-state index contributed by atoms with van der Waals surface area (Å²) in [4.78, 5) is 6.55. The van der Waals surface area contributed by atoms with Gasteiger partial charge in [-0.1, -0.05) is 26.1 Å². The highest BCUT2D eigenvalue weighted by molar-refractivity contribution is 7.71. The Morgan fingerprint density at radius 3 is 2.67 bits per heavy atom. The quantitative estimate of drug-likeness (QED) is 0.545. The molecule has 15 heavy (non-hydrogen) atoms. The lowest BCUT2D eigenvalue weighted by atomic mass is 10.2. The number of rotatable bonds is 0. The van der Waals surface area contributed by atoms with E-state index >= 15 is 0 Å². The van der Waals surface area contributed by atoms with E-state index in [1.54, 1.807) is 6.07 Å². The van der Waals surface area contributed by atoms with Crippen LogP contribution in [0.1, 0.15) is 19.4 Å². The number of fused-ring (bicyclic) bond motifs is 1. The summed E-state index contributed by atoms with van der Waals surface area (Å²) in [5, 5.41) is 0.868. The highest BCUT2D eigenvalue weighted by Crippen LogP contribution is 2.12. The molecule has 80 valence electrons. The minimum atomic E-state index is -0.498.